The molecule has 15 heteroatoms. The van der Waals surface area contributed by atoms with Crippen molar-refractivity contribution in [1.29, 1.82) is 0 Å². The number of nitrogens with one attached hydrogen (secondary N) is 1. The van der Waals surface area contributed by atoms with Crippen LogP contribution in [-0.4, -0.2) is 77.2 Å². The largest absolute Gasteiger partial charge is 0.444 e. The smallest absolute Gasteiger partial charge is 0.419 e. The van der Waals surface area contributed by atoms with Crippen molar-refractivity contribution in [2.24, 2.45) is 0 Å². The molecule has 2 aromatic carbocycles. The lowest BCUT2D eigenvalue weighted by Crippen LogP contribution is -2.37. The Labute approximate surface area is 278 Å². The highest BCUT2D eigenvalue weighted by molar-refractivity contribution is 5.95. The number of benzene rings is 2. The SMILES string of the molecule is CN(C)C(=O)C=CCCC(OC(=O)N(C)C)C(=O)Nc1cccn(Cc2cc3cc(F)ccc3n2C(=O)OCc2ccc(F)cc2F)c1=O. The molecule has 49 heavy (non-hydrogen) atoms. The minimum absolute atomic E-state index is 0.00421. The maximum Gasteiger partial charge on any atom is 0.419 e. The van der Waals surface area contributed by atoms with E-state index < -0.39 is 53.8 Å². The normalized spacial score (nSPS) is 11.7. The number of ether oxygens (including phenoxy) is 2. The van der Waals surface area contributed by atoms with Crippen LogP contribution in [0.2, 0.25) is 0 Å². The van der Waals surface area contributed by atoms with E-state index in [1.807, 2.05) is 0 Å². The van der Waals surface area contributed by atoms with E-state index in [1.54, 1.807) is 14.1 Å². The average molecular weight is 682 g/mol. The van der Waals surface area contributed by atoms with Gasteiger partial charge in [-0.1, -0.05) is 6.08 Å². The number of anilines is 1. The second-order valence-corrected chi connectivity index (χ2v) is 11.3. The summed E-state index contributed by atoms with van der Waals surface area (Å²) in [6, 6.07) is 10.7. The quantitative estimate of drug-likeness (QED) is 0.223. The molecule has 0 aliphatic carbocycles. The van der Waals surface area contributed by atoms with Crippen molar-refractivity contribution in [3.05, 3.63) is 112 Å². The van der Waals surface area contributed by atoms with Gasteiger partial charge < -0.3 is 29.2 Å². The van der Waals surface area contributed by atoms with Gasteiger partial charge in [0.25, 0.3) is 11.5 Å². The van der Waals surface area contributed by atoms with E-state index in [0.29, 0.717) is 11.5 Å². The van der Waals surface area contributed by atoms with Crippen LogP contribution in [0.25, 0.3) is 10.9 Å². The van der Waals surface area contributed by atoms with Crippen LogP contribution < -0.4 is 10.9 Å². The molecule has 0 radical (unpaired) electrons. The number of pyridine rings is 1. The predicted octanol–water partition coefficient (Wildman–Crippen LogP) is 4.88. The second kappa shape index (κ2) is 15.8. The molecule has 0 fully saturated rings. The predicted molar refractivity (Wildman–Crippen MR) is 173 cm³/mol. The fourth-order valence-corrected chi connectivity index (χ4v) is 4.61. The first-order valence-corrected chi connectivity index (χ1v) is 14.9. The topological polar surface area (TPSA) is 132 Å². The number of carbonyl (C=O) groups excluding carboxylic acids is 4. The molecule has 0 aliphatic rings. The lowest BCUT2D eigenvalue weighted by molar-refractivity contribution is -0.125. The molecular formula is C34H34F3N5O7. The van der Waals surface area contributed by atoms with Crippen LogP contribution in [0.3, 0.4) is 0 Å². The Balaban J connectivity index is 1.58. The zero-order valence-electron chi connectivity index (χ0n) is 27.1. The summed E-state index contributed by atoms with van der Waals surface area (Å²) in [5.74, 6) is -3.35. The lowest BCUT2D eigenvalue weighted by atomic mass is 10.1. The summed E-state index contributed by atoms with van der Waals surface area (Å²) in [5.41, 5.74) is -0.501. The minimum Gasteiger partial charge on any atom is -0.444 e. The molecule has 1 unspecified atom stereocenters. The Morgan fingerprint density at radius 2 is 1.65 bits per heavy atom. The zero-order valence-corrected chi connectivity index (χ0v) is 27.1. The summed E-state index contributed by atoms with van der Waals surface area (Å²) in [6.07, 6.45) is 1.38. The Morgan fingerprint density at radius 3 is 2.35 bits per heavy atom. The van der Waals surface area contributed by atoms with Crippen LogP contribution in [0.5, 0.6) is 0 Å². The van der Waals surface area contributed by atoms with Crippen molar-refractivity contribution in [2.75, 3.05) is 33.5 Å². The van der Waals surface area contributed by atoms with Crippen LogP contribution in [0.1, 0.15) is 24.1 Å². The van der Waals surface area contributed by atoms with E-state index >= 15 is 0 Å². The molecule has 258 valence electrons. The molecular weight excluding hydrogens is 647 g/mol. The van der Waals surface area contributed by atoms with Gasteiger partial charge in [-0.15, -0.1) is 0 Å². The number of hydrogen-bond donors (Lipinski definition) is 1. The maximum atomic E-state index is 14.2. The van der Waals surface area contributed by atoms with Crippen LogP contribution in [0.15, 0.2) is 77.7 Å². The number of allylic oxidation sites excluding steroid dienone is 1. The molecule has 0 aliphatic heterocycles. The number of likely N-dealkylation sites (N-methyl/N-ethyl adjacent to an activating group) is 1. The van der Waals surface area contributed by atoms with Gasteiger partial charge in [0, 0.05) is 57.1 Å². The van der Waals surface area contributed by atoms with E-state index in [0.717, 1.165) is 27.7 Å². The summed E-state index contributed by atoms with van der Waals surface area (Å²) >= 11 is 0. The van der Waals surface area contributed by atoms with Gasteiger partial charge in [0.05, 0.1) is 12.1 Å². The zero-order chi connectivity index (χ0) is 35.8. The molecule has 1 atom stereocenters. The molecule has 3 amide bonds. The number of hydrogen-bond acceptors (Lipinski definition) is 7. The second-order valence-electron chi connectivity index (χ2n) is 11.3. The average Bonchev–Trinajstić information content (AvgIpc) is 3.40. The molecule has 0 saturated heterocycles. The van der Waals surface area contributed by atoms with Crippen molar-refractivity contribution in [1.82, 2.24) is 18.9 Å². The van der Waals surface area contributed by atoms with Crippen LogP contribution in [-0.2, 0) is 32.2 Å². The molecule has 0 saturated carbocycles. The fourth-order valence-electron chi connectivity index (χ4n) is 4.61. The Kier molecular flexibility index (Phi) is 11.6. The van der Waals surface area contributed by atoms with E-state index in [4.69, 9.17) is 9.47 Å². The summed E-state index contributed by atoms with van der Waals surface area (Å²) in [4.78, 5) is 66.7. The van der Waals surface area contributed by atoms with E-state index in [9.17, 15) is 37.1 Å². The molecule has 1 N–H and O–H groups in total. The highest BCUT2D eigenvalue weighted by atomic mass is 19.1. The number of carbonyl (C=O) groups is 4. The fraction of sp³-hybridized carbons (Fsp3) is 0.265. The monoisotopic (exact) mass is 681 g/mol. The number of nitrogens with zero attached hydrogens (tertiary/aromatic N) is 4. The number of amides is 3. The molecule has 4 rings (SSSR count). The minimum atomic E-state index is -1.32. The molecule has 0 spiro atoms. The molecule has 12 nitrogen and oxygen atoms in total. The summed E-state index contributed by atoms with van der Waals surface area (Å²) in [7, 11) is 6.04. The standard InChI is InChI=1S/C34H34F3N5O7/c1-39(2)30(43)10-6-5-9-29(49-33(46)40(3)4)31(44)38-27-8-7-15-41(32(27)45)19-25-17-22-16-23(35)13-14-28(22)42(25)34(47)48-20-21-11-12-24(36)18-26(21)37/h6-8,10-18,29H,5,9,19-20H2,1-4H3,(H,38,44). The van der Waals surface area contributed by atoms with Crippen LogP contribution >= 0.6 is 0 Å². The third kappa shape index (κ3) is 9.15. The first kappa shape index (κ1) is 36.0. The number of aromatic nitrogens is 2. The van der Waals surface area contributed by atoms with Gasteiger partial charge in [-0.2, -0.15) is 0 Å². The van der Waals surface area contributed by atoms with Crippen molar-refractivity contribution in [3.8, 4) is 0 Å². The van der Waals surface area contributed by atoms with Crippen LogP contribution in [0.4, 0.5) is 28.4 Å². The van der Waals surface area contributed by atoms with Crippen LogP contribution in [0, 0.1) is 17.5 Å². The maximum absolute atomic E-state index is 14.2. The Bertz CT molecular complexity index is 1970. The molecule has 4 aromatic rings. The molecule has 2 heterocycles. The van der Waals surface area contributed by atoms with Crippen molar-refractivity contribution in [3.63, 3.8) is 0 Å². The van der Waals surface area contributed by atoms with Gasteiger partial charge in [0.1, 0.15) is 29.7 Å². The molecule has 2 aromatic heterocycles. The van der Waals surface area contributed by atoms with Crippen molar-refractivity contribution < 1.29 is 41.8 Å². The third-order valence-corrected chi connectivity index (χ3v) is 7.20. The van der Waals surface area contributed by atoms with Gasteiger partial charge >= 0.3 is 12.2 Å². The third-order valence-electron chi connectivity index (χ3n) is 7.20. The number of fused-ring (bicyclic) bond motifs is 1. The van der Waals surface area contributed by atoms with Gasteiger partial charge in [0.2, 0.25) is 5.91 Å². The molecule has 0 bridgehead atoms. The summed E-state index contributed by atoms with van der Waals surface area (Å²) in [5, 5.41) is 2.80. The highest BCUT2D eigenvalue weighted by Crippen LogP contribution is 2.23. The van der Waals surface area contributed by atoms with Gasteiger partial charge in [-0.3, -0.25) is 14.4 Å². The van der Waals surface area contributed by atoms with Crippen molar-refractivity contribution in [2.45, 2.75) is 32.1 Å². The Morgan fingerprint density at radius 1 is 0.939 bits per heavy atom. The van der Waals surface area contributed by atoms with E-state index in [1.165, 1.54) is 72.2 Å². The van der Waals surface area contributed by atoms with Gasteiger partial charge in [0.15, 0.2) is 6.10 Å². The number of rotatable bonds is 11. The summed E-state index contributed by atoms with van der Waals surface area (Å²) < 4.78 is 54.5. The van der Waals surface area contributed by atoms with E-state index in [2.05, 4.69) is 5.32 Å². The van der Waals surface area contributed by atoms with Crippen molar-refractivity contribution >= 4 is 40.6 Å². The van der Waals surface area contributed by atoms with Gasteiger partial charge in [-0.05, 0) is 67.4 Å². The van der Waals surface area contributed by atoms with E-state index in [-0.39, 0.29) is 47.8 Å². The highest BCUT2D eigenvalue weighted by Gasteiger charge is 2.25. The first-order chi connectivity index (χ1) is 23.2. The van der Waals surface area contributed by atoms with Gasteiger partial charge in [-0.25, -0.2) is 27.3 Å². The summed E-state index contributed by atoms with van der Waals surface area (Å²) in [6.45, 7) is -0.781. The lowest BCUT2D eigenvalue weighted by Gasteiger charge is -2.20. The number of halogens is 3. The first-order valence-electron chi connectivity index (χ1n) is 14.9. The Hall–Kier alpha value is -5.86.